The molecule has 2 bridgehead atoms. The highest BCUT2D eigenvalue weighted by Gasteiger charge is 2.39. The molecule has 2 saturated carbocycles. The molecule has 2 fully saturated rings. The number of hydrogen-bond donors (Lipinski definition) is 2. The van der Waals surface area contributed by atoms with Crippen LogP contribution in [0.3, 0.4) is 0 Å². The molecule has 3 N–H and O–H groups in total. The van der Waals surface area contributed by atoms with Crippen LogP contribution in [-0.4, -0.2) is 42.8 Å². The molecular weight excluding hydrogens is 188 g/mol. The molecule has 0 aromatic heterocycles. The van der Waals surface area contributed by atoms with Gasteiger partial charge in [-0.2, -0.15) is 0 Å². The minimum atomic E-state index is 0.265. The van der Waals surface area contributed by atoms with Gasteiger partial charge in [-0.25, -0.2) is 0 Å². The Bertz CT molecular complexity index is 192. The van der Waals surface area contributed by atoms with E-state index in [0.717, 1.165) is 30.8 Å². The number of fused-ring (bicyclic) bond motifs is 2. The summed E-state index contributed by atoms with van der Waals surface area (Å²) < 4.78 is 0. The Hall–Kier alpha value is -0.120. The second-order valence-electron chi connectivity index (χ2n) is 5.25. The minimum absolute atomic E-state index is 0.265. The molecule has 0 aliphatic heterocycles. The Morgan fingerprint density at radius 2 is 2.07 bits per heavy atom. The molecule has 3 atom stereocenters. The van der Waals surface area contributed by atoms with Gasteiger partial charge in [-0.15, -0.1) is 0 Å². The molecular formula is C12H24N2O. The van der Waals surface area contributed by atoms with E-state index in [9.17, 15) is 0 Å². The van der Waals surface area contributed by atoms with Gasteiger partial charge in [0.2, 0.25) is 0 Å². The third-order valence-corrected chi connectivity index (χ3v) is 4.24. The monoisotopic (exact) mass is 212 g/mol. The van der Waals surface area contributed by atoms with Crippen LogP contribution in [0.15, 0.2) is 0 Å². The van der Waals surface area contributed by atoms with E-state index in [0.29, 0.717) is 6.54 Å². The highest BCUT2D eigenvalue weighted by Crippen LogP contribution is 2.48. The van der Waals surface area contributed by atoms with Gasteiger partial charge in [0.1, 0.15) is 0 Å². The van der Waals surface area contributed by atoms with Crippen molar-refractivity contribution in [2.45, 2.75) is 25.7 Å². The molecule has 2 rings (SSSR count). The van der Waals surface area contributed by atoms with Crippen LogP contribution in [0.1, 0.15) is 25.7 Å². The van der Waals surface area contributed by atoms with Crippen LogP contribution in [0.4, 0.5) is 0 Å². The fraction of sp³-hybridized carbons (Fsp3) is 1.00. The smallest absolute Gasteiger partial charge is 0.0558 e. The van der Waals surface area contributed by atoms with Crippen molar-refractivity contribution in [3.63, 3.8) is 0 Å². The van der Waals surface area contributed by atoms with Gasteiger partial charge in [0.25, 0.3) is 0 Å². The van der Waals surface area contributed by atoms with E-state index < -0.39 is 0 Å². The summed E-state index contributed by atoms with van der Waals surface area (Å²) in [6.07, 6.45) is 5.82. The molecule has 88 valence electrons. The largest absolute Gasteiger partial charge is 0.395 e. The summed E-state index contributed by atoms with van der Waals surface area (Å²) in [5, 5.41) is 8.99. The Morgan fingerprint density at radius 1 is 1.20 bits per heavy atom. The van der Waals surface area contributed by atoms with Crippen LogP contribution in [0.5, 0.6) is 0 Å². The van der Waals surface area contributed by atoms with Crippen molar-refractivity contribution in [3.05, 3.63) is 0 Å². The SMILES string of the molecule is NCCN(CCO)CC1CC2CCC1C2. The van der Waals surface area contributed by atoms with E-state index in [1.807, 2.05) is 0 Å². The Labute approximate surface area is 92.6 Å². The van der Waals surface area contributed by atoms with E-state index in [1.54, 1.807) is 0 Å². The molecule has 0 aromatic carbocycles. The third kappa shape index (κ3) is 2.71. The topological polar surface area (TPSA) is 49.5 Å². The first-order chi connectivity index (χ1) is 7.33. The van der Waals surface area contributed by atoms with Gasteiger partial charge < -0.3 is 10.8 Å². The lowest BCUT2D eigenvalue weighted by molar-refractivity contribution is 0.157. The van der Waals surface area contributed by atoms with Crippen LogP contribution >= 0.6 is 0 Å². The molecule has 0 heterocycles. The summed E-state index contributed by atoms with van der Waals surface area (Å²) in [6, 6.07) is 0. The molecule has 3 heteroatoms. The predicted molar refractivity (Wildman–Crippen MR) is 61.5 cm³/mol. The van der Waals surface area contributed by atoms with Crippen LogP contribution in [0, 0.1) is 17.8 Å². The van der Waals surface area contributed by atoms with Gasteiger partial charge in [-0.05, 0) is 37.0 Å². The van der Waals surface area contributed by atoms with E-state index in [1.165, 1.54) is 32.2 Å². The van der Waals surface area contributed by atoms with Crippen molar-refractivity contribution in [2.24, 2.45) is 23.5 Å². The molecule has 2 aliphatic rings. The standard InChI is InChI=1S/C12H24N2O/c13-3-4-14(5-6-15)9-12-8-10-1-2-11(12)7-10/h10-12,15H,1-9,13H2. The van der Waals surface area contributed by atoms with Gasteiger partial charge in [0.05, 0.1) is 6.61 Å². The van der Waals surface area contributed by atoms with Crippen molar-refractivity contribution >= 4 is 0 Å². The third-order valence-electron chi connectivity index (χ3n) is 4.24. The van der Waals surface area contributed by atoms with Gasteiger partial charge in [0.15, 0.2) is 0 Å². The molecule has 0 radical (unpaired) electrons. The zero-order chi connectivity index (χ0) is 10.7. The van der Waals surface area contributed by atoms with Gasteiger partial charge in [-0.1, -0.05) is 6.42 Å². The summed E-state index contributed by atoms with van der Waals surface area (Å²) in [5.74, 6) is 2.89. The Balaban J connectivity index is 1.78. The maximum atomic E-state index is 8.99. The highest BCUT2D eigenvalue weighted by molar-refractivity contribution is 4.91. The normalized spacial score (nSPS) is 34.2. The molecule has 3 unspecified atom stereocenters. The second-order valence-corrected chi connectivity index (χ2v) is 5.25. The van der Waals surface area contributed by atoms with Crippen molar-refractivity contribution < 1.29 is 5.11 Å². The van der Waals surface area contributed by atoms with Crippen molar-refractivity contribution in [2.75, 3.05) is 32.8 Å². The maximum absolute atomic E-state index is 8.99. The minimum Gasteiger partial charge on any atom is -0.395 e. The second kappa shape index (κ2) is 5.28. The number of rotatable bonds is 6. The van der Waals surface area contributed by atoms with Crippen molar-refractivity contribution in [1.82, 2.24) is 4.90 Å². The zero-order valence-electron chi connectivity index (χ0n) is 9.57. The molecule has 2 aliphatic carbocycles. The lowest BCUT2D eigenvalue weighted by Crippen LogP contribution is -2.37. The molecule has 0 aromatic rings. The molecule has 3 nitrogen and oxygen atoms in total. The van der Waals surface area contributed by atoms with Crippen molar-refractivity contribution in [3.8, 4) is 0 Å². The van der Waals surface area contributed by atoms with Gasteiger partial charge in [0, 0.05) is 26.2 Å². The lowest BCUT2D eigenvalue weighted by atomic mass is 9.88. The number of hydrogen-bond acceptors (Lipinski definition) is 3. The summed E-state index contributed by atoms with van der Waals surface area (Å²) >= 11 is 0. The lowest BCUT2D eigenvalue weighted by Gasteiger charge is -2.29. The van der Waals surface area contributed by atoms with Crippen LogP contribution in [0.25, 0.3) is 0 Å². The molecule has 0 amide bonds. The number of nitrogens with zero attached hydrogens (tertiary/aromatic N) is 1. The predicted octanol–water partition coefficient (Wildman–Crippen LogP) is 0.676. The number of aliphatic hydroxyl groups is 1. The van der Waals surface area contributed by atoms with Crippen LogP contribution in [-0.2, 0) is 0 Å². The summed E-state index contributed by atoms with van der Waals surface area (Å²) in [4.78, 5) is 2.34. The average Bonchev–Trinajstić information content (AvgIpc) is 2.80. The van der Waals surface area contributed by atoms with E-state index in [4.69, 9.17) is 10.8 Å². The fourth-order valence-electron chi connectivity index (χ4n) is 3.55. The highest BCUT2D eigenvalue weighted by atomic mass is 16.3. The van der Waals surface area contributed by atoms with Gasteiger partial charge in [-0.3, -0.25) is 4.90 Å². The summed E-state index contributed by atoms with van der Waals surface area (Å²) in [5.41, 5.74) is 5.59. The molecule has 0 spiro atoms. The van der Waals surface area contributed by atoms with Crippen LogP contribution in [0.2, 0.25) is 0 Å². The van der Waals surface area contributed by atoms with Crippen molar-refractivity contribution in [1.29, 1.82) is 0 Å². The van der Waals surface area contributed by atoms with E-state index in [2.05, 4.69) is 4.90 Å². The average molecular weight is 212 g/mol. The maximum Gasteiger partial charge on any atom is 0.0558 e. The molecule has 15 heavy (non-hydrogen) atoms. The van der Waals surface area contributed by atoms with E-state index >= 15 is 0 Å². The Kier molecular flexibility index (Phi) is 4.00. The first-order valence-corrected chi connectivity index (χ1v) is 6.36. The van der Waals surface area contributed by atoms with Crippen LogP contribution < -0.4 is 5.73 Å². The first-order valence-electron chi connectivity index (χ1n) is 6.36. The molecule has 0 saturated heterocycles. The summed E-state index contributed by atoms with van der Waals surface area (Å²) in [6.45, 7) is 3.88. The van der Waals surface area contributed by atoms with Gasteiger partial charge >= 0.3 is 0 Å². The zero-order valence-corrected chi connectivity index (χ0v) is 9.57. The fourth-order valence-corrected chi connectivity index (χ4v) is 3.55. The number of aliphatic hydroxyl groups excluding tert-OH is 1. The Morgan fingerprint density at radius 3 is 2.60 bits per heavy atom. The first kappa shape index (κ1) is 11.4. The quantitative estimate of drug-likeness (QED) is 0.680. The number of nitrogens with two attached hydrogens (primary N) is 1. The summed E-state index contributed by atoms with van der Waals surface area (Å²) in [7, 11) is 0. The van der Waals surface area contributed by atoms with E-state index in [-0.39, 0.29) is 6.61 Å².